The van der Waals surface area contributed by atoms with Crippen molar-refractivity contribution in [2.45, 2.75) is 25.3 Å². The lowest BCUT2D eigenvalue weighted by Gasteiger charge is -2.23. The third-order valence-electron chi connectivity index (χ3n) is 5.79. The SMILES string of the molecule is COc1ccc(CCOc2cccc(-c3cccc(C(=O)NC4CCOCC4)c3)n2)cc1OC. The lowest BCUT2D eigenvalue weighted by molar-refractivity contribution is 0.0696. The topological polar surface area (TPSA) is 78.9 Å². The second-order valence-electron chi connectivity index (χ2n) is 8.09. The molecule has 0 unspecified atom stereocenters. The van der Waals surface area contributed by atoms with Gasteiger partial charge in [0.25, 0.3) is 5.91 Å². The number of methoxy groups -OCH3 is 2. The highest BCUT2D eigenvalue weighted by molar-refractivity contribution is 5.95. The summed E-state index contributed by atoms with van der Waals surface area (Å²) in [5, 5.41) is 3.10. The van der Waals surface area contributed by atoms with E-state index >= 15 is 0 Å². The summed E-state index contributed by atoms with van der Waals surface area (Å²) in [6, 6.07) is 19.1. The molecule has 0 aliphatic carbocycles. The first-order valence-electron chi connectivity index (χ1n) is 11.5. The number of pyridine rings is 1. The van der Waals surface area contributed by atoms with Crippen molar-refractivity contribution in [3.8, 4) is 28.6 Å². The Morgan fingerprint density at radius 3 is 2.59 bits per heavy atom. The minimum Gasteiger partial charge on any atom is -0.493 e. The van der Waals surface area contributed by atoms with Crippen LogP contribution in [0.5, 0.6) is 17.4 Å². The maximum absolute atomic E-state index is 12.7. The van der Waals surface area contributed by atoms with Crippen molar-refractivity contribution in [2.75, 3.05) is 34.0 Å². The van der Waals surface area contributed by atoms with Gasteiger partial charge in [-0.1, -0.05) is 24.3 Å². The lowest BCUT2D eigenvalue weighted by Crippen LogP contribution is -2.38. The Hall–Kier alpha value is -3.58. The van der Waals surface area contributed by atoms with E-state index in [0.29, 0.717) is 49.2 Å². The average Bonchev–Trinajstić information content (AvgIpc) is 2.89. The predicted molar refractivity (Wildman–Crippen MR) is 130 cm³/mol. The Morgan fingerprint density at radius 2 is 1.79 bits per heavy atom. The quantitative estimate of drug-likeness (QED) is 0.511. The van der Waals surface area contributed by atoms with E-state index in [1.807, 2.05) is 60.7 Å². The van der Waals surface area contributed by atoms with E-state index in [2.05, 4.69) is 10.3 Å². The van der Waals surface area contributed by atoms with Gasteiger partial charge in [0.05, 0.1) is 26.5 Å². The molecule has 0 bridgehead atoms. The monoisotopic (exact) mass is 462 g/mol. The summed E-state index contributed by atoms with van der Waals surface area (Å²) in [4.78, 5) is 17.3. The van der Waals surface area contributed by atoms with E-state index in [9.17, 15) is 4.79 Å². The Bertz CT molecular complexity index is 1110. The van der Waals surface area contributed by atoms with Crippen LogP contribution in [0.4, 0.5) is 0 Å². The standard InChI is InChI=1S/C27H30N2O5/c1-31-24-10-9-19(17-25(24)32-2)11-16-34-26-8-4-7-23(29-26)20-5-3-6-21(18-20)27(30)28-22-12-14-33-15-13-22/h3-10,17-18,22H,11-16H2,1-2H3,(H,28,30). The van der Waals surface area contributed by atoms with E-state index in [-0.39, 0.29) is 11.9 Å². The van der Waals surface area contributed by atoms with Crippen molar-refractivity contribution >= 4 is 5.91 Å². The van der Waals surface area contributed by atoms with Gasteiger partial charge in [-0.25, -0.2) is 4.98 Å². The lowest BCUT2D eigenvalue weighted by atomic mass is 10.1. The van der Waals surface area contributed by atoms with Crippen molar-refractivity contribution in [1.29, 1.82) is 0 Å². The zero-order valence-corrected chi connectivity index (χ0v) is 19.6. The van der Waals surface area contributed by atoms with Crippen LogP contribution < -0.4 is 19.5 Å². The van der Waals surface area contributed by atoms with Gasteiger partial charge in [-0.2, -0.15) is 0 Å². The first-order chi connectivity index (χ1) is 16.7. The molecule has 0 spiro atoms. The number of carbonyl (C=O) groups is 1. The minimum absolute atomic E-state index is 0.0731. The molecule has 1 saturated heterocycles. The van der Waals surface area contributed by atoms with Crippen molar-refractivity contribution < 1.29 is 23.7 Å². The van der Waals surface area contributed by atoms with E-state index in [1.165, 1.54) is 0 Å². The Balaban J connectivity index is 1.38. The number of nitrogens with zero attached hydrogens (tertiary/aromatic N) is 1. The molecule has 0 radical (unpaired) electrons. The molecule has 2 heterocycles. The van der Waals surface area contributed by atoms with Gasteiger partial charge in [-0.3, -0.25) is 4.79 Å². The highest BCUT2D eigenvalue weighted by atomic mass is 16.5. The van der Waals surface area contributed by atoms with E-state index in [0.717, 1.165) is 29.7 Å². The molecule has 1 aliphatic rings. The van der Waals surface area contributed by atoms with Crippen LogP contribution in [-0.4, -0.2) is 51.0 Å². The van der Waals surface area contributed by atoms with Gasteiger partial charge in [-0.05, 0) is 48.7 Å². The number of ether oxygens (including phenoxy) is 4. The van der Waals surface area contributed by atoms with Crippen molar-refractivity contribution in [2.24, 2.45) is 0 Å². The Labute approximate surface area is 200 Å². The summed E-state index contributed by atoms with van der Waals surface area (Å²) in [5.41, 5.74) is 3.32. The van der Waals surface area contributed by atoms with Gasteiger partial charge < -0.3 is 24.3 Å². The van der Waals surface area contributed by atoms with E-state index < -0.39 is 0 Å². The number of amides is 1. The molecule has 2 aromatic carbocycles. The van der Waals surface area contributed by atoms with E-state index in [4.69, 9.17) is 18.9 Å². The number of benzene rings is 2. The maximum Gasteiger partial charge on any atom is 0.251 e. The minimum atomic E-state index is -0.0731. The van der Waals surface area contributed by atoms with Crippen LogP contribution in [0.3, 0.4) is 0 Å². The summed E-state index contributed by atoms with van der Waals surface area (Å²) in [6.07, 6.45) is 2.39. The molecule has 1 fully saturated rings. The summed E-state index contributed by atoms with van der Waals surface area (Å²) in [6.45, 7) is 1.85. The summed E-state index contributed by atoms with van der Waals surface area (Å²) in [7, 11) is 3.24. The van der Waals surface area contributed by atoms with Gasteiger partial charge in [0.1, 0.15) is 0 Å². The highest BCUT2D eigenvalue weighted by Crippen LogP contribution is 2.28. The second kappa shape index (κ2) is 11.5. The normalized spacial score (nSPS) is 13.8. The first kappa shape index (κ1) is 23.6. The van der Waals surface area contributed by atoms with Gasteiger partial charge >= 0.3 is 0 Å². The van der Waals surface area contributed by atoms with Crippen LogP contribution in [0.15, 0.2) is 60.7 Å². The average molecular weight is 463 g/mol. The molecule has 1 aromatic heterocycles. The van der Waals surface area contributed by atoms with Crippen molar-refractivity contribution in [3.63, 3.8) is 0 Å². The zero-order chi connectivity index (χ0) is 23.8. The summed E-state index contributed by atoms with van der Waals surface area (Å²) < 4.78 is 21.9. The van der Waals surface area contributed by atoms with Gasteiger partial charge in [0.15, 0.2) is 11.5 Å². The molecule has 1 N–H and O–H groups in total. The second-order valence-corrected chi connectivity index (χ2v) is 8.09. The Kier molecular flexibility index (Phi) is 7.99. The highest BCUT2D eigenvalue weighted by Gasteiger charge is 2.17. The molecule has 0 atom stereocenters. The Morgan fingerprint density at radius 1 is 1.00 bits per heavy atom. The van der Waals surface area contributed by atoms with Crippen LogP contribution >= 0.6 is 0 Å². The molecule has 7 nitrogen and oxygen atoms in total. The van der Waals surface area contributed by atoms with Crippen LogP contribution in [0, 0.1) is 0 Å². The van der Waals surface area contributed by atoms with Crippen LogP contribution in [0.2, 0.25) is 0 Å². The molecule has 1 amide bonds. The number of carbonyl (C=O) groups excluding carboxylic acids is 1. The predicted octanol–water partition coefficient (Wildman–Crippen LogP) is 4.30. The third-order valence-corrected chi connectivity index (χ3v) is 5.79. The third kappa shape index (κ3) is 6.05. The number of nitrogens with one attached hydrogen (secondary N) is 1. The smallest absolute Gasteiger partial charge is 0.251 e. The molecular weight excluding hydrogens is 432 g/mol. The zero-order valence-electron chi connectivity index (χ0n) is 19.6. The fourth-order valence-electron chi connectivity index (χ4n) is 3.90. The fourth-order valence-corrected chi connectivity index (χ4v) is 3.90. The summed E-state index contributed by atoms with van der Waals surface area (Å²) in [5.74, 6) is 1.86. The number of hydrogen-bond donors (Lipinski definition) is 1. The number of hydrogen-bond acceptors (Lipinski definition) is 6. The van der Waals surface area contributed by atoms with Gasteiger partial charge in [0, 0.05) is 42.9 Å². The fraction of sp³-hybridized carbons (Fsp3) is 0.333. The molecule has 0 saturated carbocycles. The number of rotatable bonds is 9. The van der Waals surface area contributed by atoms with Crippen molar-refractivity contribution in [3.05, 3.63) is 71.8 Å². The van der Waals surface area contributed by atoms with E-state index in [1.54, 1.807) is 14.2 Å². The maximum atomic E-state index is 12.7. The summed E-state index contributed by atoms with van der Waals surface area (Å²) >= 11 is 0. The van der Waals surface area contributed by atoms with Crippen LogP contribution in [0.1, 0.15) is 28.8 Å². The largest absolute Gasteiger partial charge is 0.493 e. The van der Waals surface area contributed by atoms with Crippen molar-refractivity contribution in [1.82, 2.24) is 10.3 Å². The van der Waals surface area contributed by atoms with Gasteiger partial charge in [0.2, 0.25) is 5.88 Å². The molecular formula is C27H30N2O5. The molecule has 4 rings (SSSR count). The van der Waals surface area contributed by atoms with Gasteiger partial charge in [-0.15, -0.1) is 0 Å². The molecule has 34 heavy (non-hydrogen) atoms. The first-order valence-corrected chi connectivity index (χ1v) is 11.5. The molecule has 7 heteroatoms. The van der Waals surface area contributed by atoms with Crippen LogP contribution in [0.25, 0.3) is 11.3 Å². The molecule has 3 aromatic rings. The van der Waals surface area contributed by atoms with Crippen LogP contribution in [-0.2, 0) is 11.2 Å². The molecule has 1 aliphatic heterocycles. The number of aromatic nitrogens is 1. The molecule has 178 valence electrons.